The Bertz CT molecular complexity index is 2630. The highest BCUT2D eigenvalue weighted by molar-refractivity contribution is 8.11. The molecule has 0 bridgehead atoms. The van der Waals surface area contributed by atoms with Crippen LogP contribution in [0.15, 0.2) is 53.7 Å². The number of rotatable bonds is 7. The first-order valence-corrected chi connectivity index (χ1v) is 20.3. The quantitative estimate of drug-likeness (QED) is 0.0492. The van der Waals surface area contributed by atoms with Gasteiger partial charge in [-0.1, -0.05) is 65.2 Å². The SMILES string of the molecule is Cc1ccc(C2=C([B-](c3c(F)c(F)c(F)c(F)c3F)(c3c(F)c(F)c(F)c(F)c3F)c3c(F)c(F)c(F)c(F)c3F)[P+]2(c2c(C)cc(C)cc2C)c2c(C)cc(C)cc2C)cc1. The van der Waals surface area contributed by atoms with Crippen LogP contribution in [0.5, 0.6) is 0 Å². The largest absolute Gasteiger partial charge is 0.207 e. The highest BCUT2D eigenvalue weighted by Gasteiger charge is 2.73. The molecular weight excluding hydrogens is 867 g/mol. The molecule has 7 rings (SSSR count). The van der Waals surface area contributed by atoms with Crippen LogP contribution in [0.25, 0.3) is 5.31 Å². The van der Waals surface area contributed by atoms with E-state index in [1.54, 1.807) is 20.8 Å². The van der Waals surface area contributed by atoms with Crippen LogP contribution in [-0.2, 0) is 0 Å². The van der Waals surface area contributed by atoms with Crippen molar-refractivity contribution in [3.8, 4) is 0 Å². The topological polar surface area (TPSA) is 0 Å². The second-order valence-electron chi connectivity index (χ2n) is 15.6. The van der Waals surface area contributed by atoms with E-state index < -0.39 is 128 Å². The molecule has 17 heteroatoms. The van der Waals surface area contributed by atoms with E-state index in [1.165, 1.54) is 76.2 Å². The number of halogens is 15. The molecule has 0 saturated carbocycles. The van der Waals surface area contributed by atoms with Crippen molar-refractivity contribution in [1.29, 1.82) is 0 Å². The normalized spacial score (nSPS) is 13.7. The molecule has 1 heterocycles. The summed E-state index contributed by atoms with van der Waals surface area (Å²) in [6.07, 6.45) is -6.06. The van der Waals surface area contributed by atoms with Crippen LogP contribution >= 0.6 is 7.26 Å². The maximum Gasteiger partial charge on any atom is 0.200 e. The molecule has 0 N–H and O–H groups in total. The molecule has 6 aromatic carbocycles. The Balaban J connectivity index is 1.99. The predicted octanol–water partition coefficient (Wildman–Crippen LogP) is 11.0. The zero-order valence-electron chi connectivity index (χ0n) is 33.3. The van der Waals surface area contributed by atoms with Gasteiger partial charge in [-0.2, -0.15) is 0 Å². The molecule has 0 nitrogen and oxygen atoms in total. The molecule has 0 atom stereocenters. The van der Waals surface area contributed by atoms with Crippen molar-refractivity contribution in [2.24, 2.45) is 0 Å². The fourth-order valence-corrected chi connectivity index (χ4v) is 15.8. The van der Waals surface area contributed by atoms with E-state index in [0.29, 0.717) is 16.7 Å². The summed E-state index contributed by atoms with van der Waals surface area (Å²) in [4.78, 5) is 0. The number of hydrogen-bond acceptors (Lipinski definition) is 0. The van der Waals surface area contributed by atoms with Gasteiger partial charge in [-0.3, -0.25) is 0 Å². The Morgan fingerprint density at radius 1 is 0.323 bits per heavy atom. The van der Waals surface area contributed by atoms with Gasteiger partial charge in [0.05, 0.1) is 0 Å². The van der Waals surface area contributed by atoms with E-state index in [9.17, 15) is 0 Å². The van der Waals surface area contributed by atoms with Crippen molar-refractivity contribution in [1.82, 2.24) is 0 Å². The van der Waals surface area contributed by atoms with Gasteiger partial charge in [-0.05, 0) is 75.9 Å². The Morgan fingerprint density at radius 2 is 0.565 bits per heavy atom. The second kappa shape index (κ2) is 15.1. The fourth-order valence-electron chi connectivity index (χ4n) is 9.64. The zero-order valence-corrected chi connectivity index (χ0v) is 34.2. The highest BCUT2D eigenvalue weighted by atomic mass is 31.2. The Hall–Kier alpha value is -5.50. The third-order valence-corrected chi connectivity index (χ3v) is 16.6. The third kappa shape index (κ3) is 5.91. The lowest BCUT2D eigenvalue weighted by Crippen LogP contribution is -2.73. The minimum atomic E-state index is -6.06. The van der Waals surface area contributed by atoms with Crippen molar-refractivity contribution in [3.63, 3.8) is 0 Å². The van der Waals surface area contributed by atoms with Crippen LogP contribution in [0, 0.1) is 136 Å². The predicted molar refractivity (Wildman–Crippen MR) is 209 cm³/mol. The summed E-state index contributed by atoms with van der Waals surface area (Å²) in [5, 5.41) is -1.43. The van der Waals surface area contributed by atoms with Crippen molar-refractivity contribution < 1.29 is 65.9 Å². The summed E-state index contributed by atoms with van der Waals surface area (Å²) in [6, 6.07) is 11.6. The van der Waals surface area contributed by atoms with Gasteiger partial charge in [0.1, 0.15) is 58.1 Å². The molecule has 1 aliphatic heterocycles. The molecular formula is C45H29BF15P. The second-order valence-corrected chi connectivity index (χ2v) is 18.7. The summed E-state index contributed by atoms with van der Waals surface area (Å²) in [7, 11) is -4.56. The molecule has 6 aromatic rings. The average molecular weight is 896 g/mol. The van der Waals surface area contributed by atoms with Crippen molar-refractivity contribution in [3.05, 3.63) is 186 Å². The first-order valence-electron chi connectivity index (χ1n) is 18.5. The standard InChI is InChI=1S/C45H29BF15P/c1-16-8-10-23(11-9-16)44-45(62(44,42-19(4)12-17(2)13-20(42)5)43-21(6)14-18(3)15-22(43)7)46(24-27(47)33(53)39(59)34(54)28(24)48,25-29(49)35(55)40(60)36(56)30(25)50)26-31(51)37(57)41(61)38(58)32(26)52/h8-15H,1-7H3. The summed E-state index contributed by atoms with van der Waals surface area (Å²) in [5.41, 5.74) is -5.52. The molecule has 322 valence electrons. The van der Waals surface area contributed by atoms with Crippen molar-refractivity contribution in [2.75, 3.05) is 0 Å². The third-order valence-electron chi connectivity index (χ3n) is 11.6. The van der Waals surface area contributed by atoms with E-state index in [2.05, 4.69) is 0 Å². The van der Waals surface area contributed by atoms with E-state index in [4.69, 9.17) is 0 Å². The van der Waals surface area contributed by atoms with E-state index >= 15 is 65.9 Å². The first-order chi connectivity index (χ1) is 28.9. The minimum Gasteiger partial charge on any atom is -0.207 e. The molecule has 0 radical (unpaired) electrons. The fraction of sp³-hybridized carbons (Fsp3) is 0.156. The smallest absolute Gasteiger partial charge is 0.200 e. The van der Waals surface area contributed by atoms with Gasteiger partial charge in [0, 0.05) is 5.56 Å². The van der Waals surface area contributed by atoms with Gasteiger partial charge in [0.2, 0.25) is 0 Å². The maximum atomic E-state index is 17.1. The van der Waals surface area contributed by atoms with Gasteiger partial charge in [0.15, 0.2) is 58.5 Å². The summed E-state index contributed by atoms with van der Waals surface area (Å²) < 4.78 is 242. The Kier molecular flexibility index (Phi) is 10.9. The molecule has 0 saturated heterocycles. The van der Waals surface area contributed by atoms with Crippen LogP contribution in [0.3, 0.4) is 0 Å². The number of benzene rings is 6. The lowest BCUT2D eigenvalue weighted by Gasteiger charge is -2.42. The number of aryl methyl sites for hydroxylation is 7. The van der Waals surface area contributed by atoms with Crippen molar-refractivity contribution >= 4 is 45.7 Å². The van der Waals surface area contributed by atoms with E-state index in [1.807, 2.05) is 0 Å². The molecule has 1 aliphatic rings. The molecule has 0 fully saturated rings. The molecule has 0 spiro atoms. The van der Waals surface area contributed by atoms with Gasteiger partial charge >= 0.3 is 0 Å². The highest BCUT2D eigenvalue weighted by Crippen LogP contribution is 2.90. The van der Waals surface area contributed by atoms with Gasteiger partial charge < -0.3 is 0 Å². The molecule has 0 aromatic heterocycles. The first kappa shape index (κ1) is 44.6. The minimum absolute atomic E-state index is 0.0478. The van der Waals surface area contributed by atoms with Crippen LogP contribution in [0.2, 0.25) is 0 Å². The molecule has 0 amide bonds. The van der Waals surface area contributed by atoms with Crippen LogP contribution in [0.1, 0.15) is 44.5 Å². The van der Waals surface area contributed by atoms with Crippen LogP contribution in [-0.4, -0.2) is 6.15 Å². The van der Waals surface area contributed by atoms with Crippen molar-refractivity contribution in [2.45, 2.75) is 48.5 Å². The summed E-state index contributed by atoms with van der Waals surface area (Å²) in [5.74, 6) is -45.4. The van der Waals surface area contributed by atoms with E-state index in [-0.39, 0.29) is 38.4 Å². The number of hydrogen-bond donors (Lipinski definition) is 0. The van der Waals surface area contributed by atoms with Crippen LogP contribution < -0.4 is 27.0 Å². The van der Waals surface area contributed by atoms with Crippen LogP contribution in [0.4, 0.5) is 65.9 Å². The lowest BCUT2D eigenvalue weighted by molar-refractivity contribution is 0.380. The summed E-state index contributed by atoms with van der Waals surface area (Å²) in [6.45, 7) is 10.7. The monoisotopic (exact) mass is 896 g/mol. The molecule has 0 aliphatic carbocycles. The van der Waals surface area contributed by atoms with Gasteiger partial charge in [-0.15, -0.1) is 16.4 Å². The zero-order chi connectivity index (χ0) is 46.0. The Morgan fingerprint density at radius 3 is 0.823 bits per heavy atom. The molecule has 62 heavy (non-hydrogen) atoms. The molecule has 0 unspecified atom stereocenters. The Labute approximate surface area is 345 Å². The van der Waals surface area contributed by atoms with Gasteiger partial charge in [-0.25, -0.2) is 65.9 Å². The summed E-state index contributed by atoms with van der Waals surface area (Å²) >= 11 is 0. The lowest BCUT2D eigenvalue weighted by atomic mass is 9.15. The average Bonchev–Trinajstić information content (AvgIpc) is 3.87. The maximum absolute atomic E-state index is 17.1. The van der Waals surface area contributed by atoms with Gasteiger partial charge in [0.25, 0.3) is 0 Å². The van der Waals surface area contributed by atoms with E-state index in [0.717, 1.165) is 0 Å².